The lowest BCUT2D eigenvalue weighted by Crippen LogP contribution is -2.11. The van der Waals surface area contributed by atoms with E-state index in [1.807, 2.05) is 54.6 Å². The molecule has 4 nitrogen and oxygen atoms in total. The van der Waals surface area contributed by atoms with Crippen molar-refractivity contribution in [2.75, 3.05) is 5.32 Å². The Bertz CT molecular complexity index is 1120. The number of anilines is 1. The maximum Gasteiger partial charge on any atom is 0.261 e. The van der Waals surface area contributed by atoms with Crippen LogP contribution in [0, 0.1) is 6.92 Å². The predicted octanol–water partition coefficient (Wildman–Crippen LogP) is 6.21. The quantitative estimate of drug-likeness (QED) is 0.427. The second-order valence-electron chi connectivity index (χ2n) is 6.30. The molecular formula is C22H17ClN2O2S. The number of aryl methyl sites for hydroxylation is 1. The number of amides is 1. The Morgan fingerprint density at radius 1 is 1.14 bits per heavy atom. The zero-order chi connectivity index (χ0) is 19.5. The summed E-state index contributed by atoms with van der Waals surface area (Å²) in [7, 11) is 0. The Kier molecular flexibility index (Phi) is 5.28. The van der Waals surface area contributed by atoms with Gasteiger partial charge in [-0.3, -0.25) is 10.1 Å². The highest BCUT2D eigenvalue weighted by atomic mass is 35.5. The summed E-state index contributed by atoms with van der Waals surface area (Å²) in [5.41, 5.74) is 2.46. The van der Waals surface area contributed by atoms with Crippen molar-refractivity contribution in [3.8, 4) is 11.3 Å². The molecule has 2 heterocycles. The van der Waals surface area contributed by atoms with Gasteiger partial charge in [-0.2, -0.15) is 0 Å². The molecule has 1 amide bonds. The third-order valence-electron chi connectivity index (χ3n) is 4.32. The Hall–Kier alpha value is -2.89. The first-order valence-electron chi connectivity index (χ1n) is 8.75. The molecule has 6 heteroatoms. The molecule has 4 aromatic rings. The normalized spacial score (nSPS) is 10.8. The van der Waals surface area contributed by atoms with Gasteiger partial charge in [-0.1, -0.05) is 60.1 Å². The Balaban J connectivity index is 1.48. The number of thiazole rings is 1. The van der Waals surface area contributed by atoms with Crippen LogP contribution in [0.1, 0.15) is 26.6 Å². The number of furan rings is 1. The van der Waals surface area contributed by atoms with Crippen LogP contribution in [0.5, 0.6) is 0 Å². The van der Waals surface area contributed by atoms with Crippen molar-refractivity contribution in [3.05, 3.63) is 93.6 Å². The fourth-order valence-electron chi connectivity index (χ4n) is 2.89. The van der Waals surface area contributed by atoms with Gasteiger partial charge in [-0.05, 0) is 24.6 Å². The fourth-order valence-corrected chi connectivity index (χ4v) is 3.93. The molecule has 0 spiro atoms. The SMILES string of the molecule is Cc1oc(-c2ccccc2)cc1C(=O)Nc1ncc(Cc2ccccc2Cl)s1. The van der Waals surface area contributed by atoms with Crippen LogP contribution in [-0.2, 0) is 6.42 Å². The van der Waals surface area contributed by atoms with Crippen molar-refractivity contribution >= 4 is 34.0 Å². The summed E-state index contributed by atoms with van der Waals surface area (Å²) < 4.78 is 5.76. The van der Waals surface area contributed by atoms with E-state index in [9.17, 15) is 4.79 Å². The molecule has 0 aliphatic heterocycles. The standard InChI is InChI=1S/C22H17ClN2O2S/c1-14-18(12-20(27-14)15-7-3-2-4-8-15)21(26)25-22-24-13-17(28-22)11-16-9-5-6-10-19(16)23/h2-10,12-13H,11H2,1H3,(H,24,25,26). The summed E-state index contributed by atoms with van der Waals surface area (Å²) in [6.45, 7) is 1.78. The Morgan fingerprint density at radius 2 is 1.89 bits per heavy atom. The molecule has 4 rings (SSSR count). The van der Waals surface area contributed by atoms with Gasteiger partial charge in [0, 0.05) is 28.1 Å². The van der Waals surface area contributed by atoms with Crippen molar-refractivity contribution < 1.29 is 9.21 Å². The minimum absolute atomic E-state index is 0.234. The van der Waals surface area contributed by atoms with Crippen LogP contribution in [0.3, 0.4) is 0 Å². The van der Waals surface area contributed by atoms with Crippen LogP contribution in [-0.4, -0.2) is 10.9 Å². The van der Waals surface area contributed by atoms with E-state index in [-0.39, 0.29) is 5.91 Å². The molecule has 0 aliphatic carbocycles. The van der Waals surface area contributed by atoms with Crippen LogP contribution in [0.25, 0.3) is 11.3 Å². The van der Waals surface area contributed by atoms with Crippen molar-refractivity contribution in [2.24, 2.45) is 0 Å². The summed E-state index contributed by atoms with van der Waals surface area (Å²) in [5.74, 6) is 1.01. The molecular weight excluding hydrogens is 392 g/mol. The van der Waals surface area contributed by atoms with Gasteiger partial charge in [0.2, 0.25) is 0 Å². The summed E-state index contributed by atoms with van der Waals surface area (Å²) in [4.78, 5) is 18.0. The molecule has 0 atom stereocenters. The number of halogens is 1. The third kappa shape index (κ3) is 4.01. The first-order valence-corrected chi connectivity index (χ1v) is 9.95. The number of carbonyl (C=O) groups excluding carboxylic acids is 1. The minimum Gasteiger partial charge on any atom is -0.461 e. The van der Waals surface area contributed by atoms with Crippen molar-refractivity contribution in [1.29, 1.82) is 0 Å². The first kappa shape index (κ1) is 18.5. The van der Waals surface area contributed by atoms with E-state index in [0.29, 0.717) is 28.6 Å². The number of benzene rings is 2. The number of nitrogens with one attached hydrogen (secondary N) is 1. The van der Waals surface area contributed by atoms with Crippen LogP contribution in [0.15, 0.2) is 71.3 Å². The number of carbonyl (C=O) groups is 1. The summed E-state index contributed by atoms with van der Waals surface area (Å²) in [5, 5.41) is 4.14. The summed E-state index contributed by atoms with van der Waals surface area (Å²) in [6, 6.07) is 19.2. The molecule has 1 N–H and O–H groups in total. The number of nitrogens with zero attached hydrogens (tertiary/aromatic N) is 1. The molecule has 0 saturated carbocycles. The molecule has 2 aromatic carbocycles. The van der Waals surface area contributed by atoms with Gasteiger partial charge in [0.15, 0.2) is 5.13 Å². The lowest BCUT2D eigenvalue weighted by atomic mass is 10.1. The largest absolute Gasteiger partial charge is 0.461 e. The zero-order valence-corrected chi connectivity index (χ0v) is 16.7. The minimum atomic E-state index is -0.234. The van der Waals surface area contributed by atoms with Crippen molar-refractivity contribution in [2.45, 2.75) is 13.3 Å². The van der Waals surface area contributed by atoms with Crippen LogP contribution in [0.2, 0.25) is 5.02 Å². The van der Waals surface area contributed by atoms with Gasteiger partial charge in [0.05, 0.1) is 5.56 Å². The van der Waals surface area contributed by atoms with Gasteiger partial charge in [-0.25, -0.2) is 4.98 Å². The average Bonchev–Trinajstić information content (AvgIpc) is 3.31. The van der Waals surface area contributed by atoms with E-state index in [4.69, 9.17) is 16.0 Å². The highest BCUT2D eigenvalue weighted by Crippen LogP contribution is 2.28. The van der Waals surface area contributed by atoms with E-state index in [1.54, 1.807) is 19.2 Å². The van der Waals surface area contributed by atoms with Gasteiger partial charge < -0.3 is 4.42 Å². The van der Waals surface area contributed by atoms with Crippen LogP contribution in [0.4, 0.5) is 5.13 Å². The topological polar surface area (TPSA) is 55.1 Å². The van der Waals surface area contributed by atoms with Crippen LogP contribution >= 0.6 is 22.9 Å². The number of hydrogen-bond donors (Lipinski definition) is 1. The average molecular weight is 409 g/mol. The summed E-state index contributed by atoms with van der Waals surface area (Å²) >= 11 is 7.66. The van der Waals surface area contributed by atoms with E-state index < -0.39 is 0 Å². The highest BCUT2D eigenvalue weighted by Gasteiger charge is 2.17. The number of aromatic nitrogens is 1. The van der Waals surface area contributed by atoms with E-state index in [1.165, 1.54) is 11.3 Å². The Morgan fingerprint density at radius 3 is 2.68 bits per heavy atom. The molecule has 0 saturated heterocycles. The maximum absolute atomic E-state index is 12.7. The van der Waals surface area contributed by atoms with E-state index >= 15 is 0 Å². The third-order valence-corrected chi connectivity index (χ3v) is 5.60. The predicted molar refractivity (Wildman–Crippen MR) is 113 cm³/mol. The van der Waals surface area contributed by atoms with Gasteiger partial charge >= 0.3 is 0 Å². The number of rotatable bonds is 5. The van der Waals surface area contributed by atoms with Crippen molar-refractivity contribution in [1.82, 2.24) is 4.98 Å². The lowest BCUT2D eigenvalue weighted by Gasteiger charge is -2.01. The Labute approximate surface area is 171 Å². The molecule has 140 valence electrons. The molecule has 2 aromatic heterocycles. The van der Waals surface area contributed by atoms with Gasteiger partial charge in [-0.15, -0.1) is 11.3 Å². The highest BCUT2D eigenvalue weighted by molar-refractivity contribution is 7.15. The molecule has 0 unspecified atom stereocenters. The number of hydrogen-bond acceptors (Lipinski definition) is 4. The van der Waals surface area contributed by atoms with Gasteiger partial charge in [0.1, 0.15) is 11.5 Å². The fraction of sp³-hybridized carbons (Fsp3) is 0.0909. The lowest BCUT2D eigenvalue weighted by molar-refractivity contribution is 0.102. The van der Waals surface area contributed by atoms with E-state index in [0.717, 1.165) is 21.0 Å². The van der Waals surface area contributed by atoms with Crippen LogP contribution < -0.4 is 5.32 Å². The van der Waals surface area contributed by atoms with Gasteiger partial charge in [0.25, 0.3) is 5.91 Å². The molecule has 0 aliphatic rings. The second-order valence-corrected chi connectivity index (χ2v) is 7.82. The molecule has 28 heavy (non-hydrogen) atoms. The first-order chi connectivity index (χ1) is 13.6. The second kappa shape index (κ2) is 8.00. The molecule has 0 bridgehead atoms. The monoisotopic (exact) mass is 408 g/mol. The van der Waals surface area contributed by atoms with Crippen molar-refractivity contribution in [3.63, 3.8) is 0 Å². The zero-order valence-electron chi connectivity index (χ0n) is 15.1. The summed E-state index contributed by atoms with van der Waals surface area (Å²) in [6.07, 6.45) is 2.44. The molecule has 0 fully saturated rings. The smallest absolute Gasteiger partial charge is 0.261 e. The van der Waals surface area contributed by atoms with E-state index in [2.05, 4.69) is 10.3 Å². The maximum atomic E-state index is 12.7. The molecule has 0 radical (unpaired) electrons.